The lowest BCUT2D eigenvalue weighted by Crippen LogP contribution is -2.30. The van der Waals surface area contributed by atoms with Crippen LogP contribution in [0.1, 0.15) is 362 Å². The highest BCUT2D eigenvalue weighted by molar-refractivity contribution is 7.47. The molecule has 0 aromatic heterocycles. The van der Waals surface area contributed by atoms with Crippen LogP contribution in [0.3, 0.4) is 0 Å². The Morgan fingerprint density at radius 3 is 0.670 bits per heavy atom. The number of hydrogen-bond acceptors (Lipinski definition) is 15. The number of rotatable bonds is 70. The summed E-state index contributed by atoms with van der Waals surface area (Å²) in [6.07, 6.45) is 52.0. The van der Waals surface area contributed by atoms with Gasteiger partial charge in [0.1, 0.15) is 19.3 Å². The van der Waals surface area contributed by atoms with E-state index in [9.17, 15) is 43.2 Å². The molecule has 0 aliphatic heterocycles. The lowest BCUT2D eigenvalue weighted by Gasteiger charge is -2.21. The zero-order valence-corrected chi connectivity index (χ0v) is 58.5. The van der Waals surface area contributed by atoms with Crippen molar-refractivity contribution in [3.63, 3.8) is 0 Å². The summed E-state index contributed by atoms with van der Waals surface area (Å²) in [6.45, 7) is 4.81. The number of ether oxygens (including phenoxy) is 4. The lowest BCUT2D eigenvalue weighted by molar-refractivity contribution is -0.161. The molecule has 88 heavy (non-hydrogen) atoms. The predicted octanol–water partition coefficient (Wildman–Crippen LogP) is 19.9. The highest BCUT2D eigenvalue weighted by atomic mass is 31.2. The van der Waals surface area contributed by atoms with Crippen molar-refractivity contribution in [2.24, 2.45) is 0 Å². The van der Waals surface area contributed by atoms with Gasteiger partial charge < -0.3 is 33.8 Å². The molecule has 0 aliphatic carbocycles. The van der Waals surface area contributed by atoms with Crippen molar-refractivity contribution in [2.75, 3.05) is 39.6 Å². The molecule has 0 aromatic rings. The molecule has 19 heteroatoms. The van der Waals surface area contributed by atoms with Crippen LogP contribution in [0.5, 0.6) is 0 Å². The summed E-state index contributed by atoms with van der Waals surface area (Å²) >= 11 is 0. The van der Waals surface area contributed by atoms with Gasteiger partial charge in [0.25, 0.3) is 0 Å². The van der Waals surface area contributed by atoms with E-state index in [2.05, 4.69) is 27.7 Å². The van der Waals surface area contributed by atoms with Gasteiger partial charge in [-0.3, -0.25) is 37.3 Å². The van der Waals surface area contributed by atoms with Crippen molar-refractivity contribution < 1.29 is 80.2 Å². The second-order valence-electron chi connectivity index (χ2n) is 24.9. The van der Waals surface area contributed by atoms with Gasteiger partial charge in [-0.1, -0.05) is 310 Å². The molecular formula is C69H134O17P2. The van der Waals surface area contributed by atoms with Gasteiger partial charge in [-0.05, 0) is 25.7 Å². The minimum absolute atomic E-state index is 0.104. The Morgan fingerprint density at radius 2 is 0.455 bits per heavy atom. The summed E-state index contributed by atoms with van der Waals surface area (Å²) in [5.74, 6) is -2.14. The summed E-state index contributed by atoms with van der Waals surface area (Å²) in [5, 5.41) is 10.5. The molecule has 3 N–H and O–H groups in total. The maximum atomic E-state index is 13.0. The summed E-state index contributed by atoms with van der Waals surface area (Å²) in [4.78, 5) is 72.1. The molecule has 0 amide bonds. The number of carbonyl (C=O) groups is 4. The quantitative estimate of drug-likeness (QED) is 0.0222. The van der Waals surface area contributed by atoms with Crippen molar-refractivity contribution in [1.29, 1.82) is 0 Å². The second kappa shape index (κ2) is 63.8. The Hall–Kier alpha value is -1.94. The van der Waals surface area contributed by atoms with Gasteiger partial charge in [0, 0.05) is 25.7 Å². The van der Waals surface area contributed by atoms with Crippen molar-refractivity contribution >= 4 is 39.5 Å². The molecule has 0 heterocycles. The Balaban J connectivity index is 5.06. The van der Waals surface area contributed by atoms with Crippen LogP contribution < -0.4 is 0 Å². The highest BCUT2D eigenvalue weighted by Gasteiger charge is 2.30. The van der Waals surface area contributed by atoms with Gasteiger partial charge in [0.05, 0.1) is 26.4 Å². The fraction of sp³-hybridized carbons (Fsp3) is 0.942. The lowest BCUT2D eigenvalue weighted by atomic mass is 10.0. The molecular weight excluding hydrogens is 1160 g/mol. The third-order valence-electron chi connectivity index (χ3n) is 16.1. The van der Waals surface area contributed by atoms with E-state index >= 15 is 0 Å². The van der Waals surface area contributed by atoms with E-state index < -0.39 is 97.5 Å². The zero-order chi connectivity index (χ0) is 64.7. The summed E-state index contributed by atoms with van der Waals surface area (Å²) < 4.78 is 67.9. The average Bonchev–Trinajstić information content (AvgIpc) is 3.71. The highest BCUT2D eigenvalue weighted by Crippen LogP contribution is 2.45. The van der Waals surface area contributed by atoms with Crippen LogP contribution in [0.2, 0.25) is 0 Å². The number of esters is 4. The molecule has 0 aliphatic rings. The summed E-state index contributed by atoms with van der Waals surface area (Å²) in [5.41, 5.74) is 0. The molecule has 0 spiro atoms. The molecule has 2 unspecified atom stereocenters. The van der Waals surface area contributed by atoms with Crippen molar-refractivity contribution in [1.82, 2.24) is 0 Å². The maximum absolute atomic E-state index is 13.0. The van der Waals surface area contributed by atoms with Crippen LogP contribution in [0.4, 0.5) is 0 Å². The minimum Gasteiger partial charge on any atom is -0.462 e. The van der Waals surface area contributed by atoms with E-state index in [4.69, 9.17) is 37.0 Å². The van der Waals surface area contributed by atoms with Crippen molar-refractivity contribution in [2.45, 2.75) is 380 Å². The van der Waals surface area contributed by atoms with Gasteiger partial charge in [0.2, 0.25) is 0 Å². The molecule has 522 valence electrons. The first-order valence-corrected chi connectivity index (χ1v) is 39.3. The Labute approximate surface area is 537 Å². The average molecular weight is 1300 g/mol. The SMILES string of the molecule is CCCCCCCCCCCCCCCCCCCCCCCCC(=O)O[C@H](COC(=O)CCCCCCCCCCCCCCC)COP(=O)(O)OC[C@@H](O)COP(=O)(O)OC[C@@H](COC(=O)CCCCCCC)OC(=O)CCCCCCCCCC. The predicted molar refractivity (Wildman–Crippen MR) is 354 cm³/mol. The van der Waals surface area contributed by atoms with Crippen molar-refractivity contribution in [3.05, 3.63) is 0 Å². The van der Waals surface area contributed by atoms with E-state index in [1.807, 2.05) is 0 Å². The van der Waals surface area contributed by atoms with Crippen LogP contribution in [-0.4, -0.2) is 96.7 Å². The van der Waals surface area contributed by atoms with Gasteiger partial charge in [0.15, 0.2) is 12.2 Å². The van der Waals surface area contributed by atoms with Crippen LogP contribution in [-0.2, 0) is 65.4 Å². The summed E-state index contributed by atoms with van der Waals surface area (Å²) in [6, 6.07) is 0. The van der Waals surface area contributed by atoms with E-state index in [0.717, 1.165) is 103 Å². The Morgan fingerprint density at radius 1 is 0.273 bits per heavy atom. The fourth-order valence-electron chi connectivity index (χ4n) is 10.5. The van der Waals surface area contributed by atoms with Gasteiger partial charge in [-0.2, -0.15) is 0 Å². The van der Waals surface area contributed by atoms with E-state index in [1.54, 1.807) is 0 Å². The second-order valence-corrected chi connectivity index (χ2v) is 27.8. The van der Waals surface area contributed by atoms with E-state index in [0.29, 0.717) is 25.7 Å². The molecule has 0 radical (unpaired) electrons. The molecule has 0 saturated heterocycles. The molecule has 5 atom stereocenters. The number of aliphatic hydroxyl groups excluding tert-OH is 1. The van der Waals surface area contributed by atoms with Gasteiger partial charge in [-0.15, -0.1) is 0 Å². The number of hydrogen-bond donors (Lipinski definition) is 3. The zero-order valence-electron chi connectivity index (χ0n) is 56.7. The molecule has 17 nitrogen and oxygen atoms in total. The topological polar surface area (TPSA) is 237 Å². The van der Waals surface area contributed by atoms with Gasteiger partial charge in [-0.25, -0.2) is 9.13 Å². The number of phosphoric acid groups is 2. The van der Waals surface area contributed by atoms with Gasteiger partial charge >= 0.3 is 39.5 Å². The first kappa shape index (κ1) is 86.1. The number of carbonyl (C=O) groups excluding carboxylic acids is 4. The third-order valence-corrected chi connectivity index (χ3v) is 18.0. The minimum atomic E-state index is -4.95. The van der Waals surface area contributed by atoms with Crippen LogP contribution in [0, 0.1) is 0 Å². The fourth-order valence-corrected chi connectivity index (χ4v) is 12.1. The van der Waals surface area contributed by atoms with Crippen molar-refractivity contribution in [3.8, 4) is 0 Å². The largest absolute Gasteiger partial charge is 0.472 e. The molecule has 0 aromatic carbocycles. The molecule has 0 saturated carbocycles. The standard InChI is InChI=1S/C69H134O17P2/c1-5-9-13-17-20-23-25-27-28-29-30-31-32-33-34-35-37-39-41-44-48-52-56-69(74)86-65(60-80-67(72)54-50-46-43-40-38-36-26-24-21-18-14-10-6-2)62-84-88(77,78)82-58-63(70)57-81-87(75,76)83-61-64(59-79-66(71)53-49-45-16-12-8-4)85-68(73)55-51-47-42-22-19-15-11-7-3/h63-65,70H,5-62H2,1-4H3,(H,75,76)(H,77,78)/t63-,64+,65+/m0/s1. The number of aliphatic hydroxyl groups is 1. The molecule has 0 rings (SSSR count). The van der Waals surface area contributed by atoms with E-state index in [-0.39, 0.29) is 25.7 Å². The normalized spacial score (nSPS) is 14.0. The number of unbranched alkanes of at least 4 members (excludes halogenated alkanes) is 44. The summed E-state index contributed by atoms with van der Waals surface area (Å²) in [7, 11) is -9.88. The van der Waals surface area contributed by atoms with Crippen LogP contribution in [0.15, 0.2) is 0 Å². The third kappa shape index (κ3) is 62.8. The molecule has 0 fully saturated rings. The molecule has 0 bridgehead atoms. The first-order chi connectivity index (χ1) is 42.7. The Kier molecular flexibility index (Phi) is 62.4. The van der Waals surface area contributed by atoms with Crippen LogP contribution >= 0.6 is 15.6 Å². The Bertz CT molecular complexity index is 1690. The van der Waals surface area contributed by atoms with Crippen LogP contribution in [0.25, 0.3) is 0 Å². The monoisotopic (exact) mass is 1300 g/mol. The first-order valence-electron chi connectivity index (χ1n) is 36.3. The van der Waals surface area contributed by atoms with E-state index in [1.165, 1.54) is 180 Å². The maximum Gasteiger partial charge on any atom is 0.472 e. The smallest absolute Gasteiger partial charge is 0.462 e. The number of phosphoric ester groups is 2.